The minimum absolute atomic E-state index is 1.73. The minimum atomic E-state index is -4.67. The Bertz CT molecular complexity index is 245. The number of rotatable bonds is 0. The summed E-state index contributed by atoms with van der Waals surface area (Å²) in [5.41, 5.74) is 0. The largest absolute Gasteiger partial charge is 0.411 e. The topological polar surface area (TPSA) is 115 Å². The number of hydrogen-bond donors (Lipinski definition) is 4. The molecule has 0 spiro atoms. The van der Waals surface area contributed by atoms with Gasteiger partial charge in [0, 0.05) is 0 Å². The molecule has 0 atom stereocenters. The first-order valence-electron chi connectivity index (χ1n) is 3.17. The zero-order valence-electron chi connectivity index (χ0n) is 7.70. The van der Waals surface area contributed by atoms with Gasteiger partial charge < -0.3 is 10.2 Å². The molecule has 0 unspecified atom stereocenters. The summed E-state index contributed by atoms with van der Waals surface area (Å²) in [6.07, 6.45) is -8.81. The fraction of sp³-hybridized carbons (Fsp3) is 1.00. The van der Waals surface area contributed by atoms with Crippen molar-refractivity contribution in [1.82, 2.24) is 0 Å². The van der Waals surface area contributed by atoms with E-state index in [2.05, 4.69) is 0 Å². The third kappa shape index (κ3) is 95.3. The van der Waals surface area contributed by atoms with E-state index in [1.807, 2.05) is 0 Å². The molecule has 0 aliphatic heterocycles. The van der Waals surface area contributed by atoms with Crippen molar-refractivity contribution in [2.24, 2.45) is 0 Å². The van der Waals surface area contributed by atoms with Crippen molar-refractivity contribution < 1.29 is 54.1 Å². The number of alkyl halides is 6. The molecule has 0 fully saturated rings. The van der Waals surface area contributed by atoms with Crippen LogP contribution in [0.1, 0.15) is 0 Å². The molecule has 0 rings (SSSR count). The monoisotopic (exact) mass is 298 g/mol. The number of aliphatic hydroxyl groups is 2. The van der Waals surface area contributed by atoms with Gasteiger partial charge in [-0.15, -0.1) is 0 Å². The van der Waals surface area contributed by atoms with Gasteiger partial charge in [0.15, 0.2) is 0 Å². The van der Waals surface area contributed by atoms with Crippen LogP contribution in [0.3, 0.4) is 0 Å². The summed E-state index contributed by atoms with van der Waals surface area (Å²) in [6.45, 7) is -3.46. The molecule has 0 aromatic carbocycles. The first-order valence-corrected chi connectivity index (χ1v) is 4.57. The summed E-state index contributed by atoms with van der Waals surface area (Å²) < 4.78 is 94.8. The van der Waals surface area contributed by atoms with Gasteiger partial charge in [-0.2, -0.15) is 34.8 Å². The second-order valence-electron chi connectivity index (χ2n) is 1.99. The molecule has 13 heteroatoms. The molecule has 4 N–H and O–H groups in total. The average molecular weight is 298 g/mol. The average Bonchev–Trinajstić information content (AvgIpc) is 2.00. The maximum absolute atomic E-state index is 10.5. The highest BCUT2D eigenvalue weighted by Crippen LogP contribution is 2.11. The fourth-order valence-electron chi connectivity index (χ4n) is 0. The standard InChI is InChI=1S/2C2H3F3O.H2O4S/c2*3-2(4,5)1-6;1-5(2,3)4/h2*6H,1H2;(H2,1,2,3,4). The van der Waals surface area contributed by atoms with Crippen molar-refractivity contribution in [3.63, 3.8) is 0 Å². The lowest BCUT2D eigenvalue weighted by molar-refractivity contribution is -0.160. The van der Waals surface area contributed by atoms with Crippen LogP contribution < -0.4 is 0 Å². The smallest absolute Gasteiger partial charge is 0.387 e. The fourth-order valence-corrected chi connectivity index (χ4v) is 0. The molecule has 0 aromatic heterocycles. The van der Waals surface area contributed by atoms with Crippen LogP contribution in [0.15, 0.2) is 0 Å². The van der Waals surface area contributed by atoms with Crippen LogP contribution in [0.25, 0.3) is 0 Å². The van der Waals surface area contributed by atoms with Gasteiger partial charge in [0.25, 0.3) is 0 Å². The van der Waals surface area contributed by atoms with E-state index >= 15 is 0 Å². The van der Waals surface area contributed by atoms with E-state index in [1.165, 1.54) is 0 Å². The van der Waals surface area contributed by atoms with Gasteiger partial charge in [0.05, 0.1) is 0 Å². The van der Waals surface area contributed by atoms with Crippen molar-refractivity contribution >= 4 is 10.4 Å². The highest BCUT2D eigenvalue weighted by atomic mass is 32.3. The SMILES string of the molecule is O=S(=O)(O)O.OCC(F)(F)F.OCC(F)(F)F. The lowest BCUT2D eigenvalue weighted by Crippen LogP contribution is -2.12. The Morgan fingerprint density at radius 3 is 0.824 bits per heavy atom. The summed E-state index contributed by atoms with van der Waals surface area (Å²) in [6, 6.07) is 0. The van der Waals surface area contributed by atoms with E-state index in [1.54, 1.807) is 0 Å². The summed E-state index contributed by atoms with van der Waals surface area (Å²) in [7, 11) is -4.67. The van der Waals surface area contributed by atoms with E-state index in [4.69, 9.17) is 27.7 Å². The van der Waals surface area contributed by atoms with Gasteiger partial charge in [-0.1, -0.05) is 0 Å². The normalized spacial score (nSPS) is 11.9. The van der Waals surface area contributed by atoms with Crippen LogP contribution in [0.2, 0.25) is 0 Å². The molecule has 6 nitrogen and oxygen atoms in total. The van der Waals surface area contributed by atoms with Crippen LogP contribution in [0.4, 0.5) is 26.3 Å². The van der Waals surface area contributed by atoms with Crippen LogP contribution in [-0.2, 0) is 10.4 Å². The second-order valence-corrected chi connectivity index (χ2v) is 2.89. The predicted molar refractivity (Wildman–Crippen MR) is 40.5 cm³/mol. The van der Waals surface area contributed by atoms with Gasteiger partial charge in [0.2, 0.25) is 0 Å². The van der Waals surface area contributed by atoms with E-state index < -0.39 is 36.0 Å². The first-order chi connectivity index (χ1) is 7.12. The molecule has 0 aliphatic rings. The number of aliphatic hydroxyl groups excluding tert-OH is 2. The van der Waals surface area contributed by atoms with Crippen LogP contribution in [0, 0.1) is 0 Å². The zero-order valence-corrected chi connectivity index (χ0v) is 8.51. The molecule has 0 aliphatic carbocycles. The third-order valence-corrected chi connectivity index (χ3v) is 0.359. The van der Waals surface area contributed by atoms with Gasteiger partial charge >= 0.3 is 22.8 Å². The Hall–Kier alpha value is -0.630. The lowest BCUT2D eigenvalue weighted by atomic mass is 10.7. The summed E-state index contributed by atoms with van der Waals surface area (Å²) in [4.78, 5) is 0. The van der Waals surface area contributed by atoms with E-state index in [0.717, 1.165) is 0 Å². The van der Waals surface area contributed by atoms with E-state index in [9.17, 15) is 26.3 Å². The van der Waals surface area contributed by atoms with Gasteiger partial charge in [-0.05, 0) is 0 Å². The van der Waals surface area contributed by atoms with E-state index in [-0.39, 0.29) is 0 Å². The highest BCUT2D eigenvalue weighted by molar-refractivity contribution is 7.79. The molecule has 108 valence electrons. The van der Waals surface area contributed by atoms with Crippen molar-refractivity contribution in [3.05, 3.63) is 0 Å². The molecule has 17 heavy (non-hydrogen) atoms. The van der Waals surface area contributed by atoms with Crippen molar-refractivity contribution in [1.29, 1.82) is 0 Å². The summed E-state index contributed by atoms with van der Waals surface area (Å²) in [5, 5.41) is 14.6. The molecule has 0 heterocycles. The lowest BCUT2D eigenvalue weighted by Gasteiger charge is -1.95. The first kappa shape index (κ1) is 21.6. The highest BCUT2D eigenvalue weighted by Gasteiger charge is 2.25. The predicted octanol–water partition coefficient (Wildman–Crippen LogP) is 0.429. The van der Waals surface area contributed by atoms with E-state index in [0.29, 0.717) is 0 Å². The Morgan fingerprint density at radius 2 is 0.824 bits per heavy atom. The molecule has 0 amide bonds. The van der Waals surface area contributed by atoms with Gasteiger partial charge in [-0.25, -0.2) is 0 Å². The third-order valence-electron chi connectivity index (χ3n) is 0.359. The maximum atomic E-state index is 10.5. The zero-order chi connectivity index (χ0) is 14.9. The second kappa shape index (κ2) is 8.46. The summed E-state index contributed by atoms with van der Waals surface area (Å²) >= 11 is 0. The molecule has 0 radical (unpaired) electrons. The van der Waals surface area contributed by atoms with Crippen LogP contribution in [0.5, 0.6) is 0 Å². The summed E-state index contributed by atoms with van der Waals surface area (Å²) in [5.74, 6) is 0. The molecular formula is C4H8F6O6S. The molecule has 0 aromatic rings. The minimum Gasteiger partial charge on any atom is -0.387 e. The number of hydrogen-bond acceptors (Lipinski definition) is 4. The Labute approximate surface area is 91.1 Å². The van der Waals surface area contributed by atoms with Gasteiger partial charge in [0.1, 0.15) is 13.2 Å². The number of halogens is 6. The quantitative estimate of drug-likeness (QED) is 0.381. The van der Waals surface area contributed by atoms with Crippen LogP contribution in [-0.4, -0.2) is 53.3 Å². The van der Waals surface area contributed by atoms with Crippen molar-refractivity contribution in [3.8, 4) is 0 Å². The Balaban J connectivity index is -0.000000174. The van der Waals surface area contributed by atoms with Crippen molar-refractivity contribution in [2.75, 3.05) is 13.2 Å². The Morgan fingerprint density at radius 1 is 0.765 bits per heavy atom. The van der Waals surface area contributed by atoms with Crippen LogP contribution >= 0.6 is 0 Å². The molecule has 0 saturated carbocycles. The van der Waals surface area contributed by atoms with Crippen molar-refractivity contribution in [2.45, 2.75) is 12.4 Å². The van der Waals surface area contributed by atoms with Gasteiger partial charge in [-0.3, -0.25) is 9.11 Å². The Kier molecular flexibility index (Phi) is 10.8. The molecule has 0 bridgehead atoms. The molecule has 0 saturated heterocycles. The molecular weight excluding hydrogens is 290 g/mol. The maximum Gasteiger partial charge on any atom is 0.411 e.